The summed E-state index contributed by atoms with van der Waals surface area (Å²) in [5.74, 6) is 0.460. The summed E-state index contributed by atoms with van der Waals surface area (Å²) in [4.78, 5) is 19.6. The average Bonchev–Trinajstić information content (AvgIpc) is 2.96. The van der Waals surface area contributed by atoms with Gasteiger partial charge in [0.05, 0.1) is 13.0 Å². The highest BCUT2D eigenvalue weighted by Gasteiger charge is 2.30. The molecule has 0 saturated heterocycles. The number of nitrogens with one attached hydrogen (secondary N) is 1. The quantitative estimate of drug-likeness (QED) is 0.897. The number of methoxy groups -OCH3 is 1. The van der Waals surface area contributed by atoms with Crippen LogP contribution < -0.4 is 10.1 Å². The van der Waals surface area contributed by atoms with Crippen LogP contribution in [0.25, 0.3) is 10.9 Å². The second-order valence-electron chi connectivity index (χ2n) is 5.27. The minimum Gasteiger partial charge on any atom is -0.494 e. The van der Waals surface area contributed by atoms with Crippen molar-refractivity contribution in [3.63, 3.8) is 0 Å². The summed E-state index contributed by atoms with van der Waals surface area (Å²) in [5, 5.41) is 13.3. The fourth-order valence-electron chi connectivity index (χ4n) is 2.87. The molecule has 6 nitrogen and oxygen atoms in total. The molecule has 1 unspecified atom stereocenters. The Morgan fingerprint density at radius 3 is 2.95 bits per heavy atom. The molecule has 110 valence electrons. The second kappa shape index (κ2) is 5.55. The fraction of sp³-hybridized carbons (Fsp3) is 0.400. The minimum atomic E-state index is -0.714. The third kappa shape index (κ3) is 2.61. The molecular weight excluding hydrogens is 270 g/mol. The fourth-order valence-corrected chi connectivity index (χ4v) is 2.87. The van der Waals surface area contributed by atoms with Gasteiger partial charge in [-0.1, -0.05) is 6.07 Å². The van der Waals surface area contributed by atoms with E-state index in [1.165, 1.54) is 6.33 Å². The van der Waals surface area contributed by atoms with Crippen LogP contribution in [0.2, 0.25) is 0 Å². The Kier molecular flexibility index (Phi) is 3.60. The van der Waals surface area contributed by atoms with Crippen LogP contribution in [0, 0.1) is 5.92 Å². The number of aromatic nitrogens is 2. The Balaban J connectivity index is 1.86. The molecule has 3 rings (SSSR count). The van der Waals surface area contributed by atoms with Gasteiger partial charge < -0.3 is 15.2 Å². The Bertz CT molecular complexity index is 674. The smallest absolute Gasteiger partial charge is 0.306 e. The van der Waals surface area contributed by atoms with Crippen LogP contribution in [0.1, 0.15) is 19.3 Å². The van der Waals surface area contributed by atoms with Crippen LogP contribution in [0.4, 0.5) is 5.82 Å². The highest BCUT2D eigenvalue weighted by atomic mass is 16.5. The van der Waals surface area contributed by atoms with Gasteiger partial charge in [-0.25, -0.2) is 9.97 Å². The average molecular weight is 287 g/mol. The van der Waals surface area contributed by atoms with E-state index in [1.807, 2.05) is 18.2 Å². The van der Waals surface area contributed by atoms with Crippen LogP contribution in [0.15, 0.2) is 24.5 Å². The van der Waals surface area contributed by atoms with Crippen molar-refractivity contribution in [2.75, 3.05) is 12.4 Å². The number of rotatable bonds is 4. The van der Waals surface area contributed by atoms with Crippen molar-refractivity contribution in [3.05, 3.63) is 24.5 Å². The molecular formula is C15H17N3O3. The van der Waals surface area contributed by atoms with Crippen molar-refractivity contribution in [3.8, 4) is 5.75 Å². The Hall–Kier alpha value is -2.37. The number of carboxylic acid groups (broad SMARTS) is 1. The van der Waals surface area contributed by atoms with E-state index in [9.17, 15) is 4.79 Å². The molecule has 1 heterocycles. The zero-order valence-electron chi connectivity index (χ0n) is 11.7. The van der Waals surface area contributed by atoms with Gasteiger partial charge in [-0.15, -0.1) is 0 Å². The first-order valence-corrected chi connectivity index (χ1v) is 6.96. The van der Waals surface area contributed by atoms with Crippen molar-refractivity contribution in [2.24, 2.45) is 5.92 Å². The lowest BCUT2D eigenvalue weighted by Crippen LogP contribution is -2.18. The van der Waals surface area contributed by atoms with Crippen molar-refractivity contribution in [1.82, 2.24) is 9.97 Å². The summed E-state index contributed by atoms with van der Waals surface area (Å²) in [6, 6.07) is 5.82. The predicted octanol–water partition coefficient (Wildman–Crippen LogP) is 2.30. The van der Waals surface area contributed by atoms with Gasteiger partial charge in [-0.05, 0) is 31.4 Å². The zero-order valence-corrected chi connectivity index (χ0v) is 11.7. The second-order valence-corrected chi connectivity index (χ2v) is 5.27. The van der Waals surface area contributed by atoms with Crippen LogP contribution in [-0.4, -0.2) is 34.2 Å². The van der Waals surface area contributed by atoms with Gasteiger partial charge in [0.2, 0.25) is 0 Å². The highest BCUT2D eigenvalue weighted by molar-refractivity contribution is 5.92. The number of carbonyl (C=O) groups is 1. The number of nitrogens with zero attached hydrogens (tertiary/aromatic N) is 2. The lowest BCUT2D eigenvalue weighted by Gasteiger charge is -2.15. The molecule has 0 aliphatic heterocycles. The number of aliphatic carboxylic acids is 1. The molecule has 2 atom stereocenters. The molecule has 1 fully saturated rings. The molecule has 2 aromatic rings. The first-order chi connectivity index (χ1) is 10.2. The molecule has 1 aromatic heterocycles. The van der Waals surface area contributed by atoms with Crippen LogP contribution in [0.5, 0.6) is 5.75 Å². The molecule has 1 saturated carbocycles. The van der Waals surface area contributed by atoms with Gasteiger partial charge in [0.15, 0.2) is 0 Å². The zero-order chi connectivity index (χ0) is 14.8. The van der Waals surface area contributed by atoms with Crippen LogP contribution >= 0.6 is 0 Å². The van der Waals surface area contributed by atoms with Crippen molar-refractivity contribution in [1.29, 1.82) is 0 Å². The molecule has 0 spiro atoms. The number of hydrogen-bond donors (Lipinski definition) is 2. The third-order valence-corrected chi connectivity index (χ3v) is 3.97. The first-order valence-electron chi connectivity index (χ1n) is 6.96. The van der Waals surface area contributed by atoms with E-state index >= 15 is 0 Å². The molecule has 6 heteroatoms. The van der Waals surface area contributed by atoms with Crippen LogP contribution in [0.3, 0.4) is 0 Å². The lowest BCUT2D eigenvalue weighted by molar-refractivity contribution is -0.141. The maximum atomic E-state index is 11.0. The van der Waals surface area contributed by atoms with E-state index in [0.717, 1.165) is 23.1 Å². The van der Waals surface area contributed by atoms with E-state index in [0.29, 0.717) is 18.6 Å². The molecule has 0 radical (unpaired) electrons. The summed E-state index contributed by atoms with van der Waals surface area (Å²) in [6.45, 7) is 0. The van der Waals surface area contributed by atoms with E-state index in [-0.39, 0.29) is 12.0 Å². The number of anilines is 1. The molecule has 2 N–H and O–H groups in total. The van der Waals surface area contributed by atoms with Gasteiger partial charge in [0, 0.05) is 11.4 Å². The number of ether oxygens (including phenoxy) is 1. The number of hydrogen-bond acceptors (Lipinski definition) is 5. The van der Waals surface area contributed by atoms with E-state index in [1.54, 1.807) is 7.11 Å². The molecule has 1 aliphatic rings. The molecule has 1 aromatic carbocycles. The van der Waals surface area contributed by atoms with Crippen molar-refractivity contribution in [2.45, 2.75) is 25.3 Å². The summed E-state index contributed by atoms with van der Waals surface area (Å²) in [5.41, 5.74) is 0.755. The number of para-hydroxylation sites is 1. The summed E-state index contributed by atoms with van der Waals surface area (Å²) in [6.07, 6.45) is 3.67. The summed E-state index contributed by atoms with van der Waals surface area (Å²) < 4.78 is 5.31. The predicted molar refractivity (Wildman–Crippen MR) is 78.5 cm³/mol. The number of carboxylic acids is 1. The van der Waals surface area contributed by atoms with E-state index < -0.39 is 5.97 Å². The van der Waals surface area contributed by atoms with E-state index in [2.05, 4.69) is 15.3 Å². The summed E-state index contributed by atoms with van der Waals surface area (Å²) in [7, 11) is 1.61. The van der Waals surface area contributed by atoms with Crippen molar-refractivity contribution >= 4 is 22.7 Å². The van der Waals surface area contributed by atoms with Gasteiger partial charge in [-0.2, -0.15) is 0 Å². The Morgan fingerprint density at radius 1 is 1.38 bits per heavy atom. The lowest BCUT2D eigenvalue weighted by atomic mass is 10.1. The number of fused-ring (bicyclic) bond motifs is 1. The minimum absolute atomic E-state index is 0.135. The molecule has 21 heavy (non-hydrogen) atoms. The largest absolute Gasteiger partial charge is 0.494 e. The normalized spacial score (nSPS) is 21.4. The number of benzene rings is 1. The van der Waals surface area contributed by atoms with Crippen LogP contribution in [-0.2, 0) is 4.79 Å². The maximum Gasteiger partial charge on any atom is 0.306 e. The Morgan fingerprint density at radius 2 is 2.24 bits per heavy atom. The summed E-state index contributed by atoms with van der Waals surface area (Å²) >= 11 is 0. The topological polar surface area (TPSA) is 84.3 Å². The van der Waals surface area contributed by atoms with Gasteiger partial charge in [0.1, 0.15) is 23.4 Å². The molecule has 1 aliphatic carbocycles. The standard InChI is InChI=1S/C15H17N3O3/c1-21-12-4-2-3-11-13(12)16-8-17-14(11)18-10-6-5-9(7-10)15(19)20/h2-4,8-10H,5-7H2,1H3,(H,19,20)(H,16,17,18)/t9-,10?/m0/s1. The van der Waals surface area contributed by atoms with E-state index in [4.69, 9.17) is 9.84 Å². The van der Waals surface area contributed by atoms with Gasteiger partial charge in [-0.3, -0.25) is 4.79 Å². The Labute approximate surface area is 122 Å². The SMILES string of the molecule is COc1cccc2c(NC3CC[C@H](C(=O)O)C3)ncnc12. The first kappa shape index (κ1) is 13.6. The maximum absolute atomic E-state index is 11.0. The molecule has 0 amide bonds. The highest BCUT2D eigenvalue weighted by Crippen LogP contribution is 2.31. The van der Waals surface area contributed by atoms with Gasteiger partial charge >= 0.3 is 5.97 Å². The third-order valence-electron chi connectivity index (χ3n) is 3.97. The molecule has 0 bridgehead atoms. The monoisotopic (exact) mass is 287 g/mol. The van der Waals surface area contributed by atoms with Crippen molar-refractivity contribution < 1.29 is 14.6 Å². The van der Waals surface area contributed by atoms with Gasteiger partial charge in [0.25, 0.3) is 0 Å².